The number of amides is 1. The van der Waals surface area contributed by atoms with Crippen molar-refractivity contribution < 1.29 is 19.4 Å². The van der Waals surface area contributed by atoms with Gasteiger partial charge >= 0.3 is 0 Å². The van der Waals surface area contributed by atoms with E-state index in [9.17, 15) is 14.7 Å². The van der Waals surface area contributed by atoms with Crippen LogP contribution in [-0.4, -0.2) is 26.7 Å². The van der Waals surface area contributed by atoms with E-state index in [1.54, 1.807) is 73.1 Å². The number of Topliss-reactive ketones (excluding diaryl/α,β-unsaturated/α-hetero) is 1. The van der Waals surface area contributed by atoms with Crippen molar-refractivity contribution in [2.75, 3.05) is 0 Å². The summed E-state index contributed by atoms with van der Waals surface area (Å²) in [4.78, 5) is 31.9. The minimum Gasteiger partial charge on any atom is -0.507 e. The Morgan fingerprint density at radius 2 is 1.66 bits per heavy atom. The number of aliphatic hydroxyl groups excluding tert-OH is 1. The maximum Gasteiger partial charge on any atom is 0.295 e. The molecular formula is C31H25ClN2O4. The van der Waals surface area contributed by atoms with Gasteiger partial charge in [0.2, 0.25) is 0 Å². The van der Waals surface area contributed by atoms with Crippen LogP contribution >= 0.6 is 11.6 Å². The number of likely N-dealkylation sites (tertiary alicyclic amines) is 1. The molecule has 0 spiro atoms. The van der Waals surface area contributed by atoms with E-state index < -0.39 is 17.7 Å². The minimum absolute atomic E-state index is 0.0276. The van der Waals surface area contributed by atoms with Gasteiger partial charge < -0.3 is 14.7 Å². The van der Waals surface area contributed by atoms with Crippen LogP contribution in [0.15, 0.2) is 103 Å². The average molecular weight is 525 g/mol. The van der Waals surface area contributed by atoms with Gasteiger partial charge in [-0.05, 0) is 72.1 Å². The SMILES string of the molecule is Cc1cccc(COc2ccc(/C(O)=C3/C(=O)C(=O)N(Cc4ccncc4)C3c3ccc(Cl)cc3)cc2)c1. The Kier molecular flexibility index (Phi) is 7.24. The molecule has 1 aromatic heterocycles. The molecule has 1 amide bonds. The van der Waals surface area contributed by atoms with E-state index in [-0.39, 0.29) is 17.9 Å². The number of pyridine rings is 1. The summed E-state index contributed by atoms with van der Waals surface area (Å²) in [5.41, 5.74) is 4.13. The lowest BCUT2D eigenvalue weighted by atomic mass is 9.95. The van der Waals surface area contributed by atoms with Crippen molar-refractivity contribution in [3.63, 3.8) is 0 Å². The van der Waals surface area contributed by atoms with Gasteiger partial charge in [0.25, 0.3) is 11.7 Å². The van der Waals surface area contributed by atoms with Crippen LogP contribution in [0.4, 0.5) is 0 Å². The van der Waals surface area contributed by atoms with Gasteiger partial charge in [-0.1, -0.05) is 53.6 Å². The zero-order valence-corrected chi connectivity index (χ0v) is 21.4. The molecule has 1 atom stereocenters. The topological polar surface area (TPSA) is 79.7 Å². The number of benzene rings is 3. The Labute approximate surface area is 225 Å². The molecule has 1 aliphatic rings. The predicted octanol–water partition coefficient (Wildman–Crippen LogP) is 6.24. The zero-order valence-electron chi connectivity index (χ0n) is 20.7. The van der Waals surface area contributed by atoms with Gasteiger partial charge in [-0.25, -0.2) is 0 Å². The molecule has 1 aliphatic heterocycles. The molecule has 0 radical (unpaired) electrons. The Balaban J connectivity index is 1.47. The molecule has 1 saturated heterocycles. The fourth-order valence-corrected chi connectivity index (χ4v) is 4.68. The van der Waals surface area contributed by atoms with E-state index in [4.69, 9.17) is 16.3 Å². The van der Waals surface area contributed by atoms with Crippen LogP contribution in [0, 0.1) is 6.92 Å². The summed E-state index contributed by atoms with van der Waals surface area (Å²) in [6.07, 6.45) is 3.26. The molecule has 38 heavy (non-hydrogen) atoms. The molecule has 2 heterocycles. The lowest BCUT2D eigenvalue weighted by Crippen LogP contribution is -2.29. The predicted molar refractivity (Wildman–Crippen MR) is 145 cm³/mol. The summed E-state index contributed by atoms with van der Waals surface area (Å²) in [5.74, 6) is -1.04. The largest absolute Gasteiger partial charge is 0.507 e. The monoisotopic (exact) mass is 524 g/mol. The normalized spacial score (nSPS) is 16.6. The third-order valence-corrected chi connectivity index (χ3v) is 6.70. The molecule has 0 bridgehead atoms. The number of hydrogen-bond acceptors (Lipinski definition) is 5. The first-order chi connectivity index (χ1) is 18.4. The number of ketones is 1. The third-order valence-electron chi connectivity index (χ3n) is 6.44. The highest BCUT2D eigenvalue weighted by molar-refractivity contribution is 6.46. The minimum atomic E-state index is -0.780. The molecule has 5 rings (SSSR count). The number of hydrogen-bond donors (Lipinski definition) is 1. The Bertz CT molecular complexity index is 1500. The van der Waals surface area contributed by atoms with Gasteiger partial charge in [0.1, 0.15) is 18.1 Å². The van der Waals surface area contributed by atoms with Crippen LogP contribution in [-0.2, 0) is 22.7 Å². The van der Waals surface area contributed by atoms with Crippen LogP contribution in [0.1, 0.15) is 33.9 Å². The summed E-state index contributed by atoms with van der Waals surface area (Å²) in [6, 6.07) is 24.6. The number of carbonyl (C=O) groups excluding carboxylic acids is 2. The summed E-state index contributed by atoms with van der Waals surface area (Å²) in [6.45, 7) is 2.62. The molecule has 190 valence electrons. The molecule has 0 saturated carbocycles. The van der Waals surface area contributed by atoms with Crippen molar-refractivity contribution in [3.05, 3.63) is 136 Å². The molecule has 3 aromatic carbocycles. The van der Waals surface area contributed by atoms with Crippen molar-refractivity contribution in [3.8, 4) is 5.75 Å². The Morgan fingerprint density at radius 3 is 2.34 bits per heavy atom. The fourth-order valence-electron chi connectivity index (χ4n) is 4.55. The van der Waals surface area contributed by atoms with Gasteiger partial charge in [0.15, 0.2) is 0 Å². The third kappa shape index (κ3) is 5.31. The Hall–Kier alpha value is -4.42. The first-order valence-electron chi connectivity index (χ1n) is 12.1. The van der Waals surface area contributed by atoms with Crippen molar-refractivity contribution >= 4 is 29.1 Å². The van der Waals surface area contributed by atoms with E-state index in [0.717, 1.165) is 16.7 Å². The molecule has 7 heteroatoms. The number of aliphatic hydroxyl groups is 1. The lowest BCUT2D eigenvalue weighted by molar-refractivity contribution is -0.140. The maximum absolute atomic E-state index is 13.3. The molecule has 1 N–H and O–H groups in total. The lowest BCUT2D eigenvalue weighted by Gasteiger charge is -2.25. The van der Waals surface area contributed by atoms with Crippen molar-refractivity contribution in [1.82, 2.24) is 9.88 Å². The van der Waals surface area contributed by atoms with Crippen molar-refractivity contribution in [2.24, 2.45) is 0 Å². The van der Waals surface area contributed by atoms with Gasteiger partial charge in [-0.3, -0.25) is 14.6 Å². The summed E-state index contributed by atoms with van der Waals surface area (Å²) >= 11 is 6.10. The number of nitrogens with zero attached hydrogens (tertiary/aromatic N) is 2. The standard InChI is InChI=1S/C31H25ClN2O4/c1-20-3-2-4-22(17-20)19-38-26-11-7-24(8-12-26)29(35)27-28(23-5-9-25(32)10-6-23)34(31(37)30(27)36)18-21-13-15-33-16-14-21/h2-17,28,35H,18-19H2,1H3/b29-27-. The number of carbonyl (C=O) groups is 2. The highest BCUT2D eigenvalue weighted by Gasteiger charge is 2.46. The first-order valence-corrected chi connectivity index (χ1v) is 12.5. The van der Waals surface area contributed by atoms with E-state index in [1.165, 1.54) is 4.90 Å². The average Bonchev–Trinajstić information content (AvgIpc) is 3.18. The summed E-state index contributed by atoms with van der Waals surface area (Å²) in [5, 5.41) is 11.8. The van der Waals surface area contributed by atoms with E-state index in [1.807, 2.05) is 25.1 Å². The highest BCUT2D eigenvalue weighted by Crippen LogP contribution is 2.40. The zero-order chi connectivity index (χ0) is 26.6. The van der Waals surface area contributed by atoms with Crippen LogP contribution in [0.5, 0.6) is 5.75 Å². The second-order valence-electron chi connectivity index (χ2n) is 9.14. The number of ether oxygens (including phenoxy) is 1. The van der Waals surface area contributed by atoms with E-state index >= 15 is 0 Å². The van der Waals surface area contributed by atoms with Gasteiger partial charge in [-0.15, -0.1) is 0 Å². The van der Waals surface area contributed by atoms with Crippen LogP contribution in [0.25, 0.3) is 5.76 Å². The molecule has 4 aromatic rings. The maximum atomic E-state index is 13.3. The summed E-state index contributed by atoms with van der Waals surface area (Å²) in [7, 11) is 0. The van der Waals surface area contributed by atoms with Crippen LogP contribution in [0.2, 0.25) is 5.02 Å². The van der Waals surface area contributed by atoms with Gasteiger partial charge in [0.05, 0.1) is 11.6 Å². The second kappa shape index (κ2) is 10.9. The molecule has 1 unspecified atom stereocenters. The van der Waals surface area contributed by atoms with E-state index in [0.29, 0.717) is 28.5 Å². The fraction of sp³-hybridized carbons (Fsp3) is 0.129. The van der Waals surface area contributed by atoms with Crippen LogP contribution < -0.4 is 4.74 Å². The van der Waals surface area contributed by atoms with Gasteiger partial charge in [-0.2, -0.15) is 0 Å². The van der Waals surface area contributed by atoms with Gasteiger partial charge in [0, 0.05) is 29.5 Å². The van der Waals surface area contributed by atoms with Crippen molar-refractivity contribution in [1.29, 1.82) is 0 Å². The van der Waals surface area contributed by atoms with Crippen LogP contribution in [0.3, 0.4) is 0 Å². The number of aromatic nitrogens is 1. The molecule has 0 aliphatic carbocycles. The molecular weight excluding hydrogens is 500 g/mol. The summed E-state index contributed by atoms with van der Waals surface area (Å²) < 4.78 is 5.89. The number of aryl methyl sites for hydroxylation is 1. The smallest absolute Gasteiger partial charge is 0.295 e. The Morgan fingerprint density at radius 1 is 0.947 bits per heavy atom. The first kappa shape index (κ1) is 25.2. The number of rotatable bonds is 7. The quantitative estimate of drug-likeness (QED) is 0.176. The highest BCUT2D eigenvalue weighted by atomic mass is 35.5. The van der Waals surface area contributed by atoms with Crippen molar-refractivity contribution in [2.45, 2.75) is 26.1 Å². The molecule has 6 nitrogen and oxygen atoms in total. The second-order valence-corrected chi connectivity index (χ2v) is 9.57. The van der Waals surface area contributed by atoms with E-state index in [2.05, 4.69) is 11.1 Å². The number of halogens is 1. The molecule has 1 fully saturated rings.